The van der Waals surface area contributed by atoms with Crippen molar-refractivity contribution in [3.05, 3.63) is 41.0 Å². The third-order valence-corrected chi connectivity index (χ3v) is 4.58. The highest BCUT2D eigenvalue weighted by atomic mass is 32.2. The standard InChI is InChI=1S/C15H22O3S/c1-6-10(3)12(5)14-9-13(7-2)15(8-11(14)4)19(16,17)18/h8-9,12H,3,6-7H2,1-2,4-5H3,(H,16,17,18). The van der Waals surface area contributed by atoms with E-state index in [1.165, 1.54) is 0 Å². The monoisotopic (exact) mass is 282 g/mol. The van der Waals surface area contributed by atoms with Gasteiger partial charge in [-0.25, -0.2) is 0 Å². The number of benzene rings is 1. The highest BCUT2D eigenvalue weighted by Crippen LogP contribution is 2.31. The van der Waals surface area contributed by atoms with E-state index in [0.717, 1.165) is 23.1 Å². The zero-order valence-electron chi connectivity index (χ0n) is 12.0. The summed E-state index contributed by atoms with van der Waals surface area (Å²) in [5, 5.41) is 0. The molecular formula is C15H22O3S. The predicted molar refractivity (Wildman–Crippen MR) is 78.2 cm³/mol. The van der Waals surface area contributed by atoms with Crippen LogP contribution >= 0.6 is 0 Å². The van der Waals surface area contributed by atoms with E-state index in [0.29, 0.717) is 12.0 Å². The fourth-order valence-electron chi connectivity index (χ4n) is 2.25. The summed E-state index contributed by atoms with van der Waals surface area (Å²) in [6.45, 7) is 11.9. The average molecular weight is 282 g/mol. The Labute approximate surface area is 116 Å². The van der Waals surface area contributed by atoms with Crippen LogP contribution in [0.15, 0.2) is 29.2 Å². The fraction of sp³-hybridized carbons (Fsp3) is 0.467. The van der Waals surface area contributed by atoms with Crippen molar-refractivity contribution in [3.63, 3.8) is 0 Å². The first kappa shape index (κ1) is 15.9. The number of allylic oxidation sites excluding steroid dienone is 1. The quantitative estimate of drug-likeness (QED) is 0.658. The molecule has 19 heavy (non-hydrogen) atoms. The maximum Gasteiger partial charge on any atom is 0.294 e. The molecule has 0 amide bonds. The van der Waals surface area contributed by atoms with E-state index in [1.54, 1.807) is 6.07 Å². The summed E-state index contributed by atoms with van der Waals surface area (Å²) in [5.74, 6) is 0.186. The highest BCUT2D eigenvalue weighted by molar-refractivity contribution is 7.85. The molecular weight excluding hydrogens is 260 g/mol. The summed E-state index contributed by atoms with van der Waals surface area (Å²) >= 11 is 0. The Bertz CT molecular complexity index is 586. The minimum absolute atomic E-state index is 0.0190. The minimum atomic E-state index is -4.16. The van der Waals surface area contributed by atoms with Gasteiger partial charge in [-0.15, -0.1) is 0 Å². The molecule has 1 aromatic carbocycles. The van der Waals surface area contributed by atoms with Crippen molar-refractivity contribution < 1.29 is 13.0 Å². The van der Waals surface area contributed by atoms with Crippen molar-refractivity contribution in [2.75, 3.05) is 0 Å². The van der Waals surface area contributed by atoms with Crippen LogP contribution < -0.4 is 0 Å². The molecule has 4 heteroatoms. The fourth-order valence-corrected chi connectivity index (χ4v) is 3.11. The Kier molecular flexibility index (Phi) is 4.93. The molecule has 106 valence electrons. The summed E-state index contributed by atoms with van der Waals surface area (Å²) < 4.78 is 32.0. The molecule has 0 saturated heterocycles. The van der Waals surface area contributed by atoms with E-state index in [9.17, 15) is 13.0 Å². The van der Waals surface area contributed by atoms with Crippen molar-refractivity contribution in [3.8, 4) is 0 Å². The Morgan fingerprint density at radius 1 is 1.37 bits per heavy atom. The van der Waals surface area contributed by atoms with Gasteiger partial charge >= 0.3 is 0 Å². The van der Waals surface area contributed by atoms with Crippen molar-refractivity contribution in [1.82, 2.24) is 0 Å². The molecule has 1 N–H and O–H groups in total. The second-order valence-electron chi connectivity index (χ2n) is 4.88. The molecule has 0 aliphatic heterocycles. The molecule has 0 aliphatic carbocycles. The van der Waals surface area contributed by atoms with Crippen molar-refractivity contribution in [1.29, 1.82) is 0 Å². The highest BCUT2D eigenvalue weighted by Gasteiger charge is 2.19. The van der Waals surface area contributed by atoms with Gasteiger partial charge in [0.25, 0.3) is 10.1 Å². The lowest BCUT2D eigenvalue weighted by Crippen LogP contribution is -2.07. The molecule has 1 aromatic rings. The van der Waals surface area contributed by atoms with Gasteiger partial charge in [-0.1, -0.05) is 39.0 Å². The summed E-state index contributed by atoms with van der Waals surface area (Å²) in [4.78, 5) is 0.0190. The number of rotatable bonds is 5. The van der Waals surface area contributed by atoms with Gasteiger partial charge in [0, 0.05) is 5.92 Å². The largest absolute Gasteiger partial charge is 0.294 e. The van der Waals surface area contributed by atoms with Gasteiger partial charge < -0.3 is 0 Å². The third-order valence-electron chi connectivity index (χ3n) is 3.64. The average Bonchev–Trinajstić information content (AvgIpc) is 2.35. The Morgan fingerprint density at radius 2 is 1.95 bits per heavy atom. The van der Waals surface area contributed by atoms with Gasteiger partial charge in [0.2, 0.25) is 0 Å². The van der Waals surface area contributed by atoms with E-state index in [2.05, 4.69) is 20.4 Å². The smallest absolute Gasteiger partial charge is 0.282 e. The zero-order chi connectivity index (χ0) is 14.8. The van der Waals surface area contributed by atoms with E-state index in [-0.39, 0.29) is 10.8 Å². The van der Waals surface area contributed by atoms with Crippen LogP contribution in [0.3, 0.4) is 0 Å². The van der Waals surface area contributed by atoms with E-state index >= 15 is 0 Å². The summed E-state index contributed by atoms with van der Waals surface area (Å²) in [5.41, 5.74) is 3.71. The van der Waals surface area contributed by atoms with Crippen LogP contribution in [0.1, 0.15) is 49.8 Å². The predicted octanol–water partition coefficient (Wildman–Crippen LogP) is 3.87. The Hall–Kier alpha value is -1.13. The Balaban J connectivity index is 3.44. The van der Waals surface area contributed by atoms with E-state index in [1.807, 2.05) is 19.9 Å². The molecule has 0 aliphatic rings. The van der Waals surface area contributed by atoms with Crippen LogP contribution in [0.25, 0.3) is 0 Å². The maximum atomic E-state index is 11.4. The molecule has 0 radical (unpaired) electrons. The summed E-state index contributed by atoms with van der Waals surface area (Å²) in [7, 11) is -4.16. The SMILES string of the molecule is C=C(CC)C(C)c1cc(CC)c(S(=O)(=O)O)cc1C. The van der Waals surface area contributed by atoms with Crippen LogP contribution in [0.4, 0.5) is 0 Å². The zero-order valence-corrected chi connectivity index (χ0v) is 12.8. The van der Waals surface area contributed by atoms with Crippen molar-refractivity contribution in [2.45, 2.75) is 51.3 Å². The number of aryl methyl sites for hydroxylation is 2. The molecule has 1 rings (SSSR count). The molecule has 0 saturated carbocycles. The maximum absolute atomic E-state index is 11.4. The van der Waals surface area contributed by atoms with Crippen LogP contribution in [0.5, 0.6) is 0 Å². The van der Waals surface area contributed by atoms with Crippen LogP contribution in [0.2, 0.25) is 0 Å². The molecule has 3 nitrogen and oxygen atoms in total. The van der Waals surface area contributed by atoms with Crippen LogP contribution in [-0.4, -0.2) is 13.0 Å². The summed E-state index contributed by atoms with van der Waals surface area (Å²) in [6, 6.07) is 3.44. The van der Waals surface area contributed by atoms with Crippen LogP contribution in [-0.2, 0) is 16.5 Å². The van der Waals surface area contributed by atoms with Gasteiger partial charge in [-0.05, 0) is 42.5 Å². The molecule has 0 heterocycles. The third kappa shape index (κ3) is 3.45. The molecule has 0 spiro atoms. The lowest BCUT2D eigenvalue weighted by atomic mass is 9.88. The normalized spacial score (nSPS) is 13.3. The van der Waals surface area contributed by atoms with Gasteiger partial charge in [0.15, 0.2) is 0 Å². The topological polar surface area (TPSA) is 54.4 Å². The Morgan fingerprint density at radius 3 is 2.37 bits per heavy atom. The summed E-state index contributed by atoms with van der Waals surface area (Å²) in [6.07, 6.45) is 1.45. The van der Waals surface area contributed by atoms with E-state index in [4.69, 9.17) is 0 Å². The molecule has 0 fully saturated rings. The lowest BCUT2D eigenvalue weighted by molar-refractivity contribution is 0.482. The molecule has 1 atom stereocenters. The van der Waals surface area contributed by atoms with Gasteiger partial charge in [0.05, 0.1) is 4.90 Å². The second kappa shape index (κ2) is 5.88. The first-order chi connectivity index (χ1) is 8.72. The first-order valence-corrected chi connectivity index (χ1v) is 7.94. The van der Waals surface area contributed by atoms with Gasteiger partial charge in [-0.3, -0.25) is 4.55 Å². The number of hydrogen-bond donors (Lipinski definition) is 1. The second-order valence-corrected chi connectivity index (χ2v) is 6.27. The first-order valence-electron chi connectivity index (χ1n) is 6.50. The van der Waals surface area contributed by atoms with Gasteiger partial charge in [0.1, 0.15) is 0 Å². The van der Waals surface area contributed by atoms with Gasteiger partial charge in [-0.2, -0.15) is 8.42 Å². The number of hydrogen-bond acceptors (Lipinski definition) is 2. The molecule has 1 unspecified atom stereocenters. The molecule has 0 aromatic heterocycles. The minimum Gasteiger partial charge on any atom is -0.282 e. The van der Waals surface area contributed by atoms with Crippen molar-refractivity contribution >= 4 is 10.1 Å². The van der Waals surface area contributed by atoms with Crippen LogP contribution in [0, 0.1) is 6.92 Å². The molecule has 0 bridgehead atoms. The lowest BCUT2D eigenvalue weighted by Gasteiger charge is -2.19. The van der Waals surface area contributed by atoms with E-state index < -0.39 is 10.1 Å². The van der Waals surface area contributed by atoms with Crippen molar-refractivity contribution in [2.24, 2.45) is 0 Å².